The molecular weight excluding hydrogens is 224 g/mol. The van der Waals surface area contributed by atoms with Crippen molar-refractivity contribution in [2.45, 2.75) is 0 Å². The molecule has 3 nitrogen and oxygen atoms in total. The first-order chi connectivity index (χ1) is 8.18. The Morgan fingerprint density at radius 2 is 2.06 bits per heavy atom. The number of hydrogen-bond acceptors (Lipinski definition) is 2. The highest BCUT2D eigenvalue weighted by Crippen LogP contribution is 2.11. The monoisotopic (exact) mass is 233 g/mol. The van der Waals surface area contributed by atoms with E-state index >= 15 is 0 Å². The molecule has 16 heavy (non-hydrogen) atoms. The molecule has 0 spiro atoms. The maximum atomic E-state index is 11.9. The largest absolute Gasteiger partial charge is 0.322 e. The number of nitrogens with zero attached hydrogens (tertiary/aromatic N) is 1. The van der Waals surface area contributed by atoms with Gasteiger partial charge in [-0.25, -0.2) is 4.98 Å². The Balaban J connectivity index is 2.24. The number of hydrogen-bond donors (Lipinski definition) is 1. The van der Waals surface area contributed by atoms with Gasteiger partial charge in [0.15, 0.2) is 0 Å². The minimum Gasteiger partial charge on any atom is -0.322 e. The van der Waals surface area contributed by atoms with Crippen LogP contribution in [0.1, 0.15) is 11.7 Å². The molecule has 0 radical (unpaired) electrons. The van der Waals surface area contributed by atoms with Crippen molar-refractivity contribution in [1.29, 1.82) is 0 Å². The zero-order valence-corrected chi connectivity index (χ0v) is 9.03. The highest BCUT2D eigenvalue weighted by molar-refractivity contribution is 6.29. The summed E-state index contributed by atoms with van der Waals surface area (Å²) in [5.74, 6) is -0.370. The molecule has 1 N–H and O–H groups in total. The van der Waals surface area contributed by atoms with Gasteiger partial charge in [-0.2, -0.15) is 0 Å². The summed E-state index contributed by atoms with van der Waals surface area (Å²) < 4.78 is 7.64. The second-order valence-corrected chi connectivity index (χ2v) is 3.45. The molecule has 0 unspecified atom stereocenters. The zero-order chi connectivity index (χ0) is 12.3. The molecule has 1 aromatic heterocycles. The lowest BCUT2D eigenvalue weighted by Gasteiger charge is -2.04. The third kappa shape index (κ3) is 2.58. The van der Waals surface area contributed by atoms with Crippen molar-refractivity contribution in [3.8, 4) is 0 Å². The quantitative estimate of drug-likeness (QED) is 0.811. The first kappa shape index (κ1) is 9.36. The Kier molecular flexibility index (Phi) is 2.79. The predicted molar refractivity (Wildman–Crippen MR) is 63.6 cm³/mol. The van der Waals surface area contributed by atoms with E-state index in [1.54, 1.807) is 12.1 Å². The number of aromatic nitrogens is 1. The molecule has 2 aromatic rings. The van der Waals surface area contributed by atoms with Crippen LogP contribution in [-0.2, 0) is 0 Å². The molecule has 0 aliphatic rings. The summed E-state index contributed by atoms with van der Waals surface area (Å²) in [4.78, 5) is 15.6. The normalized spacial score (nSPS) is 10.7. The first-order valence-corrected chi connectivity index (χ1v) is 5.04. The molecule has 1 amide bonds. The van der Waals surface area contributed by atoms with Gasteiger partial charge in [0.1, 0.15) is 5.15 Å². The van der Waals surface area contributed by atoms with Crippen LogP contribution in [0.4, 0.5) is 5.69 Å². The molecular formula is C12H9ClN2O. The van der Waals surface area contributed by atoms with E-state index in [0.717, 1.165) is 0 Å². The average Bonchev–Trinajstić information content (AvgIpc) is 2.34. The lowest BCUT2D eigenvalue weighted by atomic mass is 10.2. The Morgan fingerprint density at radius 3 is 2.81 bits per heavy atom. The van der Waals surface area contributed by atoms with Crippen molar-refractivity contribution in [2.24, 2.45) is 0 Å². The lowest BCUT2D eigenvalue weighted by Crippen LogP contribution is -2.11. The third-order valence-corrected chi connectivity index (χ3v) is 2.14. The van der Waals surface area contributed by atoms with E-state index in [1.165, 1.54) is 12.3 Å². The number of pyridine rings is 1. The third-order valence-electron chi connectivity index (χ3n) is 1.94. The van der Waals surface area contributed by atoms with Gasteiger partial charge < -0.3 is 5.32 Å². The van der Waals surface area contributed by atoms with Crippen LogP contribution < -0.4 is 5.32 Å². The minimum atomic E-state index is -0.370. The van der Waals surface area contributed by atoms with Gasteiger partial charge in [-0.1, -0.05) is 29.8 Å². The van der Waals surface area contributed by atoms with Crippen LogP contribution in [0.25, 0.3) is 0 Å². The van der Waals surface area contributed by atoms with Crippen LogP contribution in [-0.4, -0.2) is 10.9 Å². The SMILES string of the molecule is [2H]c1c(C(=O)Nc2ccccc2)ccnc1Cl. The van der Waals surface area contributed by atoms with Gasteiger partial charge in [0.05, 0.1) is 1.37 Å². The maximum Gasteiger partial charge on any atom is 0.255 e. The van der Waals surface area contributed by atoms with Gasteiger partial charge >= 0.3 is 0 Å². The number of benzene rings is 1. The molecule has 0 saturated carbocycles. The molecule has 0 aliphatic heterocycles. The smallest absolute Gasteiger partial charge is 0.255 e. The fourth-order valence-corrected chi connectivity index (χ4v) is 1.37. The topological polar surface area (TPSA) is 42.0 Å². The lowest BCUT2D eigenvalue weighted by molar-refractivity contribution is 0.102. The van der Waals surface area contributed by atoms with Crippen LogP contribution >= 0.6 is 11.6 Å². The molecule has 80 valence electrons. The van der Waals surface area contributed by atoms with Crippen molar-refractivity contribution < 1.29 is 6.17 Å². The van der Waals surface area contributed by atoms with Crippen molar-refractivity contribution in [3.63, 3.8) is 0 Å². The number of anilines is 1. The summed E-state index contributed by atoms with van der Waals surface area (Å²) >= 11 is 5.68. The summed E-state index contributed by atoms with van der Waals surface area (Å²) in [6, 6.07) is 10.4. The molecule has 0 fully saturated rings. The summed E-state index contributed by atoms with van der Waals surface area (Å²) in [7, 11) is 0. The highest BCUT2D eigenvalue weighted by atomic mass is 35.5. The number of nitrogens with one attached hydrogen (secondary N) is 1. The second-order valence-electron chi connectivity index (χ2n) is 3.09. The number of carbonyl (C=O) groups is 1. The first-order valence-electron chi connectivity index (χ1n) is 5.16. The van der Waals surface area contributed by atoms with Gasteiger partial charge in [0.2, 0.25) is 0 Å². The molecule has 4 heteroatoms. The molecule has 0 atom stereocenters. The van der Waals surface area contributed by atoms with Crippen LogP contribution in [0, 0.1) is 0 Å². The molecule has 0 bridgehead atoms. The second kappa shape index (κ2) is 4.77. The molecule has 2 rings (SSSR count). The van der Waals surface area contributed by atoms with Crippen LogP contribution in [0.2, 0.25) is 5.15 Å². The van der Waals surface area contributed by atoms with E-state index in [4.69, 9.17) is 13.0 Å². The van der Waals surface area contributed by atoms with Gasteiger partial charge in [0.25, 0.3) is 5.91 Å². The fourth-order valence-electron chi connectivity index (χ4n) is 1.21. The summed E-state index contributed by atoms with van der Waals surface area (Å²) in [6.45, 7) is 0. The highest BCUT2D eigenvalue weighted by Gasteiger charge is 2.06. The molecule has 1 heterocycles. The zero-order valence-electron chi connectivity index (χ0n) is 9.27. The molecule has 0 saturated heterocycles. The number of carbonyl (C=O) groups excluding carboxylic acids is 1. The van der Waals surface area contributed by atoms with E-state index in [2.05, 4.69) is 10.3 Å². The van der Waals surface area contributed by atoms with Crippen LogP contribution in [0.5, 0.6) is 0 Å². The molecule has 1 aromatic carbocycles. The van der Waals surface area contributed by atoms with Crippen molar-refractivity contribution >= 4 is 23.2 Å². The summed E-state index contributed by atoms with van der Waals surface area (Å²) in [6.07, 6.45) is 1.40. The Morgan fingerprint density at radius 1 is 1.31 bits per heavy atom. The van der Waals surface area contributed by atoms with Gasteiger partial charge in [-0.05, 0) is 24.2 Å². The Bertz CT molecular complexity index is 545. The van der Waals surface area contributed by atoms with E-state index in [-0.39, 0.29) is 22.7 Å². The number of halogens is 1. The van der Waals surface area contributed by atoms with E-state index in [0.29, 0.717) is 5.69 Å². The number of rotatable bonds is 2. The Hall–Kier alpha value is -1.87. The van der Waals surface area contributed by atoms with Crippen LogP contribution in [0.15, 0.2) is 48.6 Å². The fraction of sp³-hybridized carbons (Fsp3) is 0. The minimum absolute atomic E-state index is 0.0192. The van der Waals surface area contributed by atoms with Crippen LogP contribution in [0.3, 0.4) is 0 Å². The van der Waals surface area contributed by atoms with Gasteiger partial charge in [0, 0.05) is 17.4 Å². The summed E-state index contributed by atoms with van der Waals surface area (Å²) in [5, 5.41) is 2.70. The predicted octanol–water partition coefficient (Wildman–Crippen LogP) is 2.99. The van der Waals surface area contributed by atoms with E-state index < -0.39 is 0 Å². The average molecular weight is 234 g/mol. The number of amides is 1. The molecule has 0 aliphatic carbocycles. The van der Waals surface area contributed by atoms with Gasteiger partial charge in [-0.3, -0.25) is 4.79 Å². The Labute approximate surface area is 99.5 Å². The van der Waals surface area contributed by atoms with Crippen molar-refractivity contribution in [1.82, 2.24) is 4.98 Å². The van der Waals surface area contributed by atoms with Crippen molar-refractivity contribution in [3.05, 3.63) is 59.4 Å². The van der Waals surface area contributed by atoms with Gasteiger partial charge in [-0.15, -0.1) is 0 Å². The van der Waals surface area contributed by atoms with Crippen molar-refractivity contribution in [2.75, 3.05) is 5.32 Å². The number of para-hydroxylation sites is 1. The van der Waals surface area contributed by atoms with E-state index in [1.807, 2.05) is 18.2 Å². The summed E-state index contributed by atoms with van der Waals surface area (Å²) in [5.41, 5.74) is 0.874. The van der Waals surface area contributed by atoms with E-state index in [9.17, 15) is 4.79 Å². The maximum absolute atomic E-state index is 11.9. The standard InChI is InChI=1S/C12H9ClN2O/c13-11-8-9(6-7-14-11)12(16)15-10-4-2-1-3-5-10/h1-8H,(H,15,16)/i8D.